The highest BCUT2D eigenvalue weighted by molar-refractivity contribution is 6.05. The Morgan fingerprint density at radius 1 is 1.37 bits per heavy atom. The second-order valence-electron chi connectivity index (χ2n) is 4.64. The van der Waals surface area contributed by atoms with E-state index in [-0.39, 0.29) is 11.7 Å². The Bertz CT molecular complexity index is 515. The van der Waals surface area contributed by atoms with Gasteiger partial charge in [-0.15, -0.1) is 0 Å². The van der Waals surface area contributed by atoms with Crippen molar-refractivity contribution in [1.29, 1.82) is 0 Å². The molecule has 1 aliphatic rings. The second kappa shape index (κ2) is 6.32. The third-order valence-electron chi connectivity index (χ3n) is 3.28. The summed E-state index contributed by atoms with van der Waals surface area (Å²) < 4.78 is 13.2. The molecule has 19 heavy (non-hydrogen) atoms. The predicted molar refractivity (Wildman–Crippen MR) is 77.9 cm³/mol. The van der Waals surface area contributed by atoms with E-state index < -0.39 is 0 Å². The molecule has 0 spiro atoms. The van der Waals surface area contributed by atoms with Crippen molar-refractivity contribution >= 4 is 5.71 Å². The van der Waals surface area contributed by atoms with Crippen LogP contribution in [0.3, 0.4) is 0 Å². The van der Waals surface area contributed by atoms with Gasteiger partial charge >= 0.3 is 0 Å². The van der Waals surface area contributed by atoms with Gasteiger partial charge in [-0.1, -0.05) is 43.3 Å². The Morgan fingerprint density at radius 3 is 2.79 bits per heavy atom. The van der Waals surface area contributed by atoms with Crippen molar-refractivity contribution in [3.63, 3.8) is 0 Å². The molecule has 0 aliphatic carbocycles. The van der Waals surface area contributed by atoms with E-state index in [2.05, 4.69) is 22.7 Å². The van der Waals surface area contributed by atoms with E-state index in [1.165, 1.54) is 11.6 Å². The molecule has 1 aliphatic heterocycles. The SMILES string of the molecule is CC/C(F)=C\C=C(/C)C1=NNCC1c1ccccc1. The normalized spacial score (nSPS) is 20.2. The smallest absolute Gasteiger partial charge is 0.0996 e. The van der Waals surface area contributed by atoms with Crippen LogP contribution >= 0.6 is 0 Å². The zero-order chi connectivity index (χ0) is 13.7. The molecule has 0 amide bonds. The molecule has 1 aromatic rings. The lowest BCUT2D eigenvalue weighted by Crippen LogP contribution is -2.14. The van der Waals surface area contributed by atoms with Crippen LogP contribution in [0.4, 0.5) is 4.39 Å². The van der Waals surface area contributed by atoms with Crippen molar-refractivity contribution in [3.8, 4) is 0 Å². The number of rotatable bonds is 4. The fourth-order valence-electron chi connectivity index (χ4n) is 2.14. The summed E-state index contributed by atoms with van der Waals surface area (Å²) in [6, 6.07) is 10.3. The molecular weight excluding hydrogens is 239 g/mol. The number of nitrogens with zero attached hydrogens (tertiary/aromatic N) is 1. The molecule has 3 heteroatoms. The molecule has 1 heterocycles. The fraction of sp³-hybridized carbons (Fsp3) is 0.312. The van der Waals surface area contributed by atoms with Gasteiger partial charge in [0.25, 0.3) is 0 Å². The standard InChI is InChI=1S/C16H19FN2/c1-3-14(17)10-9-12(2)16-15(11-18-19-16)13-7-5-4-6-8-13/h4-10,15,18H,3,11H2,1-2H3/b12-9+,14-10+. The van der Waals surface area contributed by atoms with Gasteiger partial charge in [0.2, 0.25) is 0 Å². The maximum absolute atomic E-state index is 13.2. The minimum atomic E-state index is -0.109. The molecule has 0 aromatic heterocycles. The molecule has 2 nitrogen and oxygen atoms in total. The van der Waals surface area contributed by atoms with Crippen molar-refractivity contribution in [3.05, 3.63) is 59.4 Å². The molecule has 1 N–H and O–H groups in total. The van der Waals surface area contributed by atoms with Crippen LogP contribution in [0.25, 0.3) is 0 Å². The van der Waals surface area contributed by atoms with Crippen LogP contribution in [-0.2, 0) is 0 Å². The molecule has 1 atom stereocenters. The molecule has 100 valence electrons. The van der Waals surface area contributed by atoms with E-state index in [1.807, 2.05) is 25.1 Å². The highest BCUT2D eigenvalue weighted by Crippen LogP contribution is 2.24. The molecule has 0 saturated carbocycles. The summed E-state index contributed by atoms with van der Waals surface area (Å²) in [4.78, 5) is 0. The molecule has 2 rings (SSSR count). The highest BCUT2D eigenvalue weighted by atomic mass is 19.1. The fourth-order valence-corrected chi connectivity index (χ4v) is 2.14. The lowest BCUT2D eigenvalue weighted by atomic mass is 9.91. The molecule has 1 unspecified atom stereocenters. The molecule has 0 fully saturated rings. The first kappa shape index (κ1) is 13.5. The Morgan fingerprint density at radius 2 is 2.11 bits per heavy atom. The number of halogens is 1. The van der Waals surface area contributed by atoms with E-state index in [0.29, 0.717) is 6.42 Å². The Labute approximate surface area is 113 Å². The first-order valence-corrected chi connectivity index (χ1v) is 6.61. The van der Waals surface area contributed by atoms with E-state index in [4.69, 9.17) is 0 Å². The summed E-state index contributed by atoms with van der Waals surface area (Å²) >= 11 is 0. The van der Waals surface area contributed by atoms with Gasteiger partial charge in [0.05, 0.1) is 11.5 Å². The van der Waals surface area contributed by atoms with Crippen molar-refractivity contribution in [2.45, 2.75) is 26.2 Å². The zero-order valence-electron chi connectivity index (χ0n) is 11.4. The molecule has 0 radical (unpaired) electrons. The summed E-state index contributed by atoms with van der Waals surface area (Å²) in [6.45, 7) is 4.57. The predicted octanol–water partition coefficient (Wildman–Crippen LogP) is 3.94. The van der Waals surface area contributed by atoms with Crippen molar-refractivity contribution in [2.24, 2.45) is 5.10 Å². The summed E-state index contributed by atoms with van der Waals surface area (Å²) in [7, 11) is 0. The number of benzene rings is 1. The summed E-state index contributed by atoms with van der Waals surface area (Å²) in [5.74, 6) is 0.137. The van der Waals surface area contributed by atoms with Crippen molar-refractivity contribution in [2.75, 3.05) is 6.54 Å². The zero-order valence-corrected chi connectivity index (χ0v) is 11.4. The molecular formula is C16H19FN2. The number of nitrogens with one attached hydrogen (secondary N) is 1. The van der Waals surface area contributed by atoms with Gasteiger partial charge in [-0.05, 0) is 30.6 Å². The largest absolute Gasteiger partial charge is 0.309 e. The monoisotopic (exact) mass is 258 g/mol. The Hall–Kier alpha value is -1.90. The average Bonchev–Trinajstić information content (AvgIpc) is 2.94. The second-order valence-corrected chi connectivity index (χ2v) is 4.64. The van der Waals surface area contributed by atoms with Gasteiger partial charge in [-0.3, -0.25) is 0 Å². The van der Waals surface area contributed by atoms with Crippen LogP contribution < -0.4 is 5.43 Å². The van der Waals surface area contributed by atoms with Gasteiger partial charge in [-0.25, -0.2) is 4.39 Å². The first-order chi connectivity index (χ1) is 9.22. The molecule has 0 saturated heterocycles. The van der Waals surface area contributed by atoms with Gasteiger partial charge in [0.15, 0.2) is 0 Å². The van der Waals surface area contributed by atoms with Crippen LogP contribution in [0.1, 0.15) is 31.7 Å². The maximum Gasteiger partial charge on any atom is 0.0996 e. The van der Waals surface area contributed by atoms with Gasteiger partial charge in [0.1, 0.15) is 0 Å². The van der Waals surface area contributed by atoms with Crippen molar-refractivity contribution in [1.82, 2.24) is 5.43 Å². The Balaban J connectivity index is 2.20. The van der Waals surface area contributed by atoms with Gasteiger partial charge in [-0.2, -0.15) is 5.10 Å². The van der Waals surface area contributed by atoms with E-state index in [1.54, 1.807) is 13.0 Å². The number of hydrazone groups is 1. The lowest BCUT2D eigenvalue weighted by Gasteiger charge is -2.12. The topological polar surface area (TPSA) is 24.4 Å². The van der Waals surface area contributed by atoms with E-state index in [0.717, 1.165) is 17.8 Å². The minimum absolute atomic E-state index is 0.109. The number of hydrogen-bond acceptors (Lipinski definition) is 2. The Kier molecular flexibility index (Phi) is 4.50. The van der Waals surface area contributed by atoms with Crippen LogP contribution in [0.15, 0.2) is 59.0 Å². The average molecular weight is 258 g/mol. The van der Waals surface area contributed by atoms with Crippen LogP contribution in [-0.4, -0.2) is 12.3 Å². The third kappa shape index (κ3) is 3.31. The molecule has 0 bridgehead atoms. The highest BCUT2D eigenvalue weighted by Gasteiger charge is 2.23. The van der Waals surface area contributed by atoms with Gasteiger partial charge < -0.3 is 5.43 Å². The molecule has 1 aromatic carbocycles. The summed E-state index contributed by atoms with van der Waals surface area (Å²) in [5, 5.41) is 4.34. The van der Waals surface area contributed by atoms with Gasteiger partial charge in [0, 0.05) is 12.5 Å². The first-order valence-electron chi connectivity index (χ1n) is 6.61. The van der Waals surface area contributed by atoms with Crippen LogP contribution in [0, 0.1) is 0 Å². The summed E-state index contributed by atoms with van der Waals surface area (Å²) in [6.07, 6.45) is 3.76. The van der Waals surface area contributed by atoms with E-state index in [9.17, 15) is 4.39 Å². The number of allylic oxidation sites excluding steroid dienone is 4. The van der Waals surface area contributed by atoms with Crippen molar-refractivity contribution < 1.29 is 4.39 Å². The minimum Gasteiger partial charge on any atom is -0.309 e. The van der Waals surface area contributed by atoms with Crippen LogP contribution in [0.5, 0.6) is 0 Å². The third-order valence-corrected chi connectivity index (χ3v) is 3.28. The van der Waals surface area contributed by atoms with Crippen LogP contribution in [0.2, 0.25) is 0 Å². The quantitative estimate of drug-likeness (QED) is 0.813. The summed E-state index contributed by atoms with van der Waals surface area (Å²) in [5.41, 5.74) is 6.27. The number of hydrogen-bond donors (Lipinski definition) is 1. The lowest BCUT2D eigenvalue weighted by molar-refractivity contribution is 0.604. The maximum atomic E-state index is 13.2. The van der Waals surface area contributed by atoms with E-state index >= 15 is 0 Å².